The summed E-state index contributed by atoms with van der Waals surface area (Å²) >= 11 is 0. The van der Waals surface area contributed by atoms with Crippen LogP contribution in [-0.4, -0.2) is 71.2 Å². The number of hydrogen-bond acceptors (Lipinski definition) is 5. The van der Waals surface area contributed by atoms with Crippen molar-refractivity contribution in [2.45, 2.75) is 19.3 Å². The fraction of sp³-hybridized carbons (Fsp3) is 0.562. The monoisotopic (exact) mass is 334 g/mol. The molecule has 130 valence electrons. The summed E-state index contributed by atoms with van der Waals surface area (Å²) in [6.07, 6.45) is 1.22. The number of amides is 2. The Morgan fingerprint density at radius 3 is 2.79 bits per heavy atom. The van der Waals surface area contributed by atoms with Crippen LogP contribution in [0.15, 0.2) is 12.1 Å². The molecule has 0 saturated carbocycles. The molecule has 2 aliphatic heterocycles. The van der Waals surface area contributed by atoms with E-state index in [2.05, 4.69) is 15.2 Å². The zero-order chi connectivity index (χ0) is 16.9. The summed E-state index contributed by atoms with van der Waals surface area (Å²) in [5, 5.41) is 11.7. The molecule has 0 aliphatic carbocycles. The van der Waals surface area contributed by atoms with Gasteiger partial charge in [0, 0.05) is 45.2 Å². The van der Waals surface area contributed by atoms with Crippen molar-refractivity contribution in [3.05, 3.63) is 17.7 Å². The molecule has 3 rings (SSSR count). The highest BCUT2D eigenvalue weighted by Crippen LogP contribution is 2.23. The van der Waals surface area contributed by atoms with E-state index < -0.39 is 6.09 Å². The Bertz CT molecular complexity index is 614. The van der Waals surface area contributed by atoms with Gasteiger partial charge in [-0.3, -0.25) is 9.69 Å². The summed E-state index contributed by atoms with van der Waals surface area (Å²) in [4.78, 5) is 30.3. The molecule has 1 aromatic heterocycles. The summed E-state index contributed by atoms with van der Waals surface area (Å²) in [6.45, 7) is 4.05. The SMILES string of the molecule is O=C1CCc2ccc(OCCCN3CCN(C(=O)O)CC3)nc2N1. The first-order valence-corrected chi connectivity index (χ1v) is 8.24. The number of carboxylic acid groups (broad SMARTS) is 1. The van der Waals surface area contributed by atoms with Crippen LogP contribution in [0.5, 0.6) is 5.88 Å². The number of nitrogens with zero attached hydrogens (tertiary/aromatic N) is 3. The Labute approximate surface area is 140 Å². The molecule has 8 heteroatoms. The molecule has 0 radical (unpaired) electrons. The highest BCUT2D eigenvalue weighted by molar-refractivity contribution is 5.92. The fourth-order valence-electron chi connectivity index (χ4n) is 2.93. The number of piperazine rings is 1. The number of aryl methyl sites for hydroxylation is 1. The number of pyridine rings is 1. The van der Waals surface area contributed by atoms with Crippen molar-refractivity contribution in [3.63, 3.8) is 0 Å². The van der Waals surface area contributed by atoms with Crippen LogP contribution in [0.4, 0.5) is 10.6 Å². The number of carbonyl (C=O) groups is 2. The predicted molar refractivity (Wildman–Crippen MR) is 87.3 cm³/mol. The number of rotatable bonds is 5. The second-order valence-electron chi connectivity index (χ2n) is 6.02. The van der Waals surface area contributed by atoms with Gasteiger partial charge in [-0.2, -0.15) is 4.98 Å². The zero-order valence-corrected chi connectivity index (χ0v) is 13.5. The standard InChI is InChI=1S/C16H22N4O4/c21-13-4-2-12-3-5-14(18-15(12)17-13)24-11-1-6-19-7-9-20(10-8-19)16(22)23/h3,5H,1-2,4,6-11H2,(H,22,23)(H,17,18,21). The van der Waals surface area contributed by atoms with Gasteiger partial charge in [-0.05, 0) is 24.5 Å². The molecule has 2 amide bonds. The van der Waals surface area contributed by atoms with Gasteiger partial charge in [-0.1, -0.05) is 0 Å². The quantitative estimate of drug-likeness (QED) is 0.781. The minimum atomic E-state index is -0.844. The van der Waals surface area contributed by atoms with E-state index >= 15 is 0 Å². The second kappa shape index (κ2) is 7.48. The van der Waals surface area contributed by atoms with Crippen LogP contribution in [0, 0.1) is 0 Å². The maximum atomic E-state index is 11.4. The Hall–Kier alpha value is -2.35. The number of aromatic nitrogens is 1. The molecule has 0 unspecified atom stereocenters. The van der Waals surface area contributed by atoms with E-state index in [0.717, 1.165) is 38.0 Å². The average Bonchev–Trinajstić information content (AvgIpc) is 2.58. The molecule has 1 fully saturated rings. The molecule has 8 nitrogen and oxygen atoms in total. The van der Waals surface area contributed by atoms with E-state index in [1.165, 1.54) is 4.90 Å². The zero-order valence-electron chi connectivity index (χ0n) is 13.5. The van der Waals surface area contributed by atoms with Crippen molar-refractivity contribution < 1.29 is 19.4 Å². The maximum Gasteiger partial charge on any atom is 0.407 e. The van der Waals surface area contributed by atoms with Gasteiger partial charge in [0.2, 0.25) is 11.8 Å². The van der Waals surface area contributed by atoms with Gasteiger partial charge in [0.1, 0.15) is 5.82 Å². The second-order valence-corrected chi connectivity index (χ2v) is 6.02. The van der Waals surface area contributed by atoms with Crippen LogP contribution < -0.4 is 10.1 Å². The van der Waals surface area contributed by atoms with Crippen molar-refractivity contribution in [2.24, 2.45) is 0 Å². The first kappa shape index (κ1) is 16.5. The molecular weight excluding hydrogens is 312 g/mol. The van der Waals surface area contributed by atoms with E-state index in [0.29, 0.717) is 37.8 Å². The van der Waals surface area contributed by atoms with E-state index in [9.17, 15) is 9.59 Å². The molecule has 3 heterocycles. The normalized spacial score (nSPS) is 18.0. The van der Waals surface area contributed by atoms with Crippen molar-refractivity contribution in [3.8, 4) is 5.88 Å². The lowest BCUT2D eigenvalue weighted by molar-refractivity contribution is -0.116. The lowest BCUT2D eigenvalue weighted by atomic mass is 10.1. The maximum absolute atomic E-state index is 11.4. The molecular formula is C16H22N4O4. The minimum Gasteiger partial charge on any atom is -0.478 e. The summed E-state index contributed by atoms with van der Waals surface area (Å²) in [6, 6.07) is 3.78. The van der Waals surface area contributed by atoms with E-state index in [4.69, 9.17) is 9.84 Å². The van der Waals surface area contributed by atoms with Gasteiger partial charge in [-0.25, -0.2) is 4.79 Å². The van der Waals surface area contributed by atoms with Crippen molar-refractivity contribution >= 4 is 17.8 Å². The minimum absolute atomic E-state index is 0.00680. The Balaban J connectivity index is 1.39. The van der Waals surface area contributed by atoms with Gasteiger partial charge in [0.25, 0.3) is 0 Å². The van der Waals surface area contributed by atoms with Crippen molar-refractivity contribution in [1.82, 2.24) is 14.8 Å². The van der Waals surface area contributed by atoms with E-state index in [1.54, 1.807) is 0 Å². The Kier molecular flexibility index (Phi) is 5.14. The molecule has 0 spiro atoms. The summed E-state index contributed by atoms with van der Waals surface area (Å²) < 4.78 is 5.66. The van der Waals surface area contributed by atoms with E-state index in [1.807, 2.05) is 12.1 Å². The molecule has 1 saturated heterocycles. The smallest absolute Gasteiger partial charge is 0.407 e. The topological polar surface area (TPSA) is 95.0 Å². The predicted octanol–water partition coefficient (Wildman–Crippen LogP) is 1.03. The number of fused-ring (bicyclic) bond motifs is 1. The van der Waals surface area contributed by atoms with Gasteiger partial charge < -0.3 is 20.1 Å². The van der Waals surface area contributed by atoms with Gasteiger partial charge in [0.15, 0.2) is 0 Å². The van der Waals surface area contributed by atoms with Crippen LogP contribution in [0.25, 0.3) is 0 Å². The molecule has 2 N–H and O–H groups in total. The third-order valence-electron chi connectivity index (χ3n) is 4.34. The highest BCUT2D eigenvalue weighted by Gasteiger charge is 2.20. The lowest BCUT2D eigenvalue weighted by Gasteiger charge is -2.32. The Morgan fingerprint density at radius 2 is 2.04 bits per heavy atom. The summed E-state index contributed by atoms with van der Waals surface area (Å²) in [7, 11) is 0. The first-order chi connectivity index (χ1) is 11.6. The average molecular weight is 334 g/mol. The number of ether oxygens (including phenoxy) is 1. The van der Waals surface area contributed by atoms with Gasteiger partial charge >= 0.3 is 6.09 Å². The number of carbonyl (C=O) groups excluding carboxylic acids is 1. The Morgan fingerprint density at radius 1 is 1.25 bits per heavy atom. The highest BCUT2D eigenvalue weighted by atomic mass is 16.5. The fourth-order valence-corrected chi connectivity index (χ4v) is 2.93. The third-order valence-corrected chi connectivity index (χ3v) is 4.34. The van der Waals surface area contributed by atoms with Gasteiger partial charge in [0.05, 0.1) is 6.61 Å². The molecule has 1 aromatic rings. The molecule has 0 atom stereocenters. The third kappa shape index (κ3) is 4.14. The van der Waals surface area contributed by atoms with Crippen LogP contribution in [0.2, 0.25) is 0 Å². The number of nitrogens with one attached hydrogen (secondary N) is 1. The van der Waals surface area contributed by atoms with Crippen LogP contribution >= 0.6 is 0 Å². The van der Waals surface area contributed by atoms with Crippen molar-refractivity contribution in [2.75, 3.05) is 44.6 Å². The lowest BCUT2D eigenvalue weighted by Crippen LogP contribution is -2.48. The van der Waals surface area contributed by atoms with Gasteiger partial charge in [-0.15, -0.1) is 0 Å². The van der Waals surface area contributed by atoms with Crippen LogP contribution in [0.1, 0.15) is 18.4 Å². The van der Waals surface area contributed by atoms with Crippen LogP contribution in [-0.2, 0) is 11.2 Å². The van der Waals surface area contributed by atoms with Crippen LogP contribution in [0.3, 0.4) is 0 Å². The van der Waals surface area contributed by atoms with E-state index in [-0.39, 0.29) is 5.91 Å². The molecule has 0 aromatic carbocycles. The molecule has 0 bridgehead atoms. The summed E-state index contributed by atoms with van der Waals surface area (Å²) in [5.41, 5.74) is 1.04. The molecule has 2 aliphatic rings. The largest absolute Gasteiger partial charge is 0.478 e. The van der Waals surface area contributed by atoms with Crippen molar-refractivity contribution in [1.29, 1.82) is 0 Å². The summed E-state index contributed by atoms with van der Waals surface area (Å²) in [5.74, 6) is 1.12. The number of anilines is 1. The first-order valence-electron chi connectivity index (χ1n) is 8.24. The number of hydrogen-bond donors (Lipinski definition) is 2. The molecule has 24 heavy (non-hydrogen) atoms.